The molecule has 0 fully saturated rings. The van der Waals surface area contributed by atoms with Crippen LogP contribution in [-0.2, 0) is 9.84 Å². The summed E-state index contributed by atoms with van der Waals surface area (Å²) in [6.45, 7) is 2.11. The lowest BCUT2D eigenvalue weighted by Gasteiger charge is -1.91. The monoisotopic (exact) mass is 252 g/mol. The summed E-state index contributed by atoms with van der Waals surface area (Å²) in [4.78, 5) is 0. The maximum Gasteiger partial charge on any atom is 0.233 e. The minimum Gasteiger partial charge on any atom is -0.221 e. The normalized spacial score (nSPS) is 11.9. The smallest absolute Gasteiger partial charge is 0.221 e. The van der Waals surface area contributed by atoms with Gasteiger partial charge in [-0.2, -0.15) is 0 Å². The SMILES string of the molecule is CCCCSc1nnc(S(C)(=O)=O)s1. The van der Waals surface area contributed by atoms with E-state index in [4.69, 9.17) is 0 Å². The molecule has 0 saturated heterocycles. The Balaban J connectivity index is 2.60. The van der Waals surface area contributed by atoms with Crippen LogP contribution in [0.2, 0.25) is 0 Å². The minimum atomic E-state index is -3.18. The van der Waals surface area contributed by atoms with Crippen LogP contribution in [0, 0.1) is 0 Å². The first kappa shape index (κ1) is 11.9. The van der Waals surface area contributed by atoms with Crippen molar-refractivity contribution >= 4 is 32.9 Å². The first-order valence-electron chi connectivity index (χ1n) is 4.20. The van der Waals surface area contributed by atoms with E-state index in [9.17, 15) is 8.42 Å². The van der Waals surface area contributed by atoms with Crippen molar-refractivity contribution in [1.82, 2.24) is 10.2 Å². The molecule has 1 heterocycles. The second-order valence-electron chi connectivity index (χ2n) is 2.81. The Morgan fingerprint density at radius 3 is 2.64 bits per heavy atom. The van der Waals surface area contributed by atoms with Gasteiger partial charge < -0.3 is 0 Å². The molecule has 0 unspecified atom stereocenters. The van der Waals surface area contributed by atoms with Gasteiger partial charge in [0.25, 0.3) is 0 Å². The van der Waals surface area contributed by atoms with E-state index in [2.05, 4.69) is 17.1 Å². The zero-order valence-corrected chi connectivity index (χ0v) is 10.5. The van der Waals surface area contributed by atoms with E-state index in [0.29, 0.717) is 0 Å². The number of aromatic nitrogens is 2. The largest absolute Gasteiger partial charge is 0.233 e. The van der Waals surface area contributed by atoms with E-state index >= 15 is 0 Å². The molecular formula is C7H12N2O2S3. The molecule has 7 heteroatoms. The van der Waals surface area contributed by atoms with Gasteiger partial charge in [0.1, 0.15) is 0 Å². The molecule has 0 aliphatic carbocycles. The van der Waals surface area contributed by atoms with Crippen molar-refractivity contribution in [3.05, 3.63) is 0 Å². The van der Waals surface area contributed by atoms with Crippen molar-refractivity contribution in [2.75, 3.05) is 12.0 Å². The summed E-state index contributed by atoms with van der Waals surface area (Å²) in [6, 6.07) is 0. The summed E-state index contributed by atoms with van der Waals surface area (Å²) in [5, 5.41) is 7.43. The van der Waals surface area contributed by atoms with Gasteiger partial charge in [0.2, 0.25) is 14.2 Å². The molecule has 0 amide bonds. The lowest BCUT2D eigenvalue weighted by Crippen LogP contribution is -1.95. The van der Waals surface area contributed by atoms with Gasteiger partial charge in [-0.05, 0) is 6.42 Å². The number of rotatable bonds is 5. The molecule has 0 radical (unpaired) electrons. The fourth-order valence-corrected chi connectivity index (χ4v) is 3.64. The van der Waals surface area contributed by atoms with Crippen LogP contribution in [-0.4, -0.2) is 30.6 Å². The molecule has 0 aliphatic rings. The molecule has 0 saturated carbocycles. The molecule has 80 valence electrons. The van der Waals surface area contributed by atoms with Crippen LogP contribution in [0.15, 0.2) is 8.68 Å². The Hall–Kier alpha value is -0.140. The van der Waals surface area contributed by atoms with Crippen LogP contribution < -0.4 is 0 Å². The molecule has 14 heavy (non-hydrogen) atoms. The standard InChI is InChI=1S/C7H12N2O2S3/c1-3-4-5-12-6-8-9-7(13-6)14(2,10)11/h3-5H2,1-2H3. The van der Waals surface area contributed by atoms with Crippen molar-refractivity contribution in [1.29, 1.82) is 0 Å². The fraction of sp³-hybridized carbons (Fsp3) is 0.714. The highest BCUT2D eigenvalue weighted by atomic mass is 32.2. The van der Waals surface area contributed by atoms with Crippen LogP contribution in [0.5, 0.6) is 0 Å². The number of thioether (sulfide) groups is 1. The van der Waals surface area contributed by atoms with Crippen molar-refractivity contribution < 1.29 is 8.42 Å². The second kappa shape index (κ2) is 5.09. The summed E-state index contributed by atoms with van der Waals surface area (Å²) in [7, 11) is -3.18. The zero-order chi connectivity index (χ0) is 10.6. The van der Waals surface area contributed by atoms with Crippen LogP contribution in [0.3, 0.4) is 0 Å². The zero-order valence-electron chi connectivity index (χ0n) is 8.06. The van der Waals surface area contributed by atoms with Gasteiger partial charge in [-0.15, -0.1) is 10.2 Å². The molecule has 0 spiro atoms. The Kier molecular flexibility index (Phi) is 4.33. The first-order valence-corrected chi connectivity index (χ1v) is 7.89. The van der Waals surface area contributed by atoms with Gasteiger partial charge in [-0.25, -0.2) is 8.42 Å². The molecule has 0 atom stereocenters. The highest BCUT2D eigenvalue weighted by Gasteiger charge is 2.14. The fourth-order valence-electron chi connectivity index (χ4n) is 0.709. The van der Waals surface area contributed by atoms with Crippen molar-refractivity contribution in [2.24, 2.45) is 0 Å². The average molecular weight is 252 g/mol. The second-order valence-corrected chi connectivity index (χ2v) is 7.32. The molecule has 0 bridgehead atoms. The third-order valence-electron chi connectivity index (χ3n) is 1.43. The van der Waals surface area contributed by atoms with Crippen LogP contribution >= 0.6 is 23.1 Å². The van der Waals surface area contributed by atoms with E-state index in [1.807, 2.05) is 0 Å². The maximum atomic E-state index is 11.1. The molecule has 4 nitrogen and oxygen atoms in total. The van der Waals surface area contributed by atoms with E-state index < -0.39 is 9.84 Å². The molecule has 0 aliphatic heterocycles. The van der Waals surface area contributed by atoms with Crippen molar-refractivity contribution in [3.63, 3.8) is 0 Å². The van der Waals surface area contributed by atoms with Gasteiger partial charge in [0, 0.05) is 12.0 Å². The van der Waals surface area contributed by atoms with E-state index in [0.717, 1.165) is 40.5 Å². The predicted octanol–water partition coefficient (Wildman–Crippen LogP) is 1.83. The van der Waals surface area contributed by atoms with Gasteiger partial charge in [0.05, 0.1) is 0 Å². The van der Waals surface area contributed by atoms with E-state index in [1.54, 1.807) is 11.8 Å². The Labute approximate surface area is 92.1 Å². The van der Waals surface area contributed by atoms with Crippen molar-refractivity contribution in [3.8, 4) is 0 Å². The number of hydrogen-bond donors (Lipinski definition) is 0. The lowest BCUT2D eigenvalue weighted by atomic mass is 10.4. The third kappa shape index (κ3) is 3.55. The predicted molar refractivity (Wildman–Crippen MR) is 58.7 cm³/mol. The number of hydrogen-bond acceptors (Lipinski definition) is 6. The number of sulfone groups is 1. The van der Waals surface area contributed by atoms with Gasteiger partial charge >= 0.3 is 0 Å². The van der Waals surface area contributed by atoms with Crippen LogP contribution in [0.1, 0.15) is 19.8 Å². The molecule has 0 N–H and O–H groups in total. The molecule has 1 aromatic heterocycles. The van der Waals surface area contributed by atoms with Gasteiger partial charge in [0.15, 0.2) is 4.34 Å². The third-order valence-corrected chi connectivity index (χ3v) is 5.24. The van der Waals surface area contributed by atoms with Gasteiger partial charge in [-0.3, -0.25) is 0 Å². The van der Waals surface area contributed by atoms with E-state index in [-0.39, 0.29) is 4.34 Å². The minimum absolute atomic E-state index is 0.108. The molecule has 0 aromatic carbocycles. The maximum absolute atomic E-state index is 11.1. The topological polar surface area (TPSA) is 59.9 Å². The van der Waals surface area contributed by atoms with Gasteiger partial charge in [-0.1, -0.05) is 36.4 Å². The first-order chi connectivity index (χ1) is 6.54. The highest BCUT2D eigenvalue weighted by Crippen LogP contribution is 2.25. The molecule has 1 aromatic rings. The summed E-state index contributed by atoms with van der Waals surface area (Å²) < 4.78 is 23.0. The average Bonchev–Trinajstić information content (AvgIpc) is 2.52. The summed E-state index contributed by atoms with van der Waals surface area (Å²) in [5.41, 5.74) is 0. The van der Waals surface area contributed by atoms with Crippen molar-refractivity contribution in [2.45, 2.75) is 28.4 Å². The summed E-state index contributed by atoms with van der Waals surface area (Å²) in [6.07, 6.45) is 3.39. The summed E-state index contributed by atoms with van der Waals surface area (Å²) >= 11 is 2.71. The Bertz CT molecular complexity index is 385. The van der Waals surface area contributed by atoms with Crippen LogP contribution in [0.25, 0.3) is 0 Å². The quantitative estimate of drug-likeness (QED) is 0.591. The van der Waals surface area contributed by atoms with Crippen LogP contribution in [0.4, 0.5) is 0 Å². The number of nitrogens with zero attached hydrogens (tertiary/aromatic N) is 2. The lowest BCUT2D eigenvalue weighted by molar-refractivity contribution is 0.599. The number of unbranched alkanes of at least 4 members (excludes halogenated alkanes) is 1. The summed E-state index contributed by atoms with van der Waals surface area (Å²) in [5.74, 6) is 0.967. The Morgan fingerprint density at radius 2 is 2.14 bits per heavy atom. The molecule has 1 rings (SSSR count). The Morgan fingerprint density at radius 1 is 1.43 bits per heavy atom. The molecular weight excluding hydrogens is 240 g/mol. The highest BCUT2D eigenvalue weighted by molar-refractivity contribution is 8.01. The van der Waals surface area contributed by atoms with E-state index in [1.165, 1.54) is 0 Å².